The summed E-state index contributed by atoms with van der Waals surface area (Å²) in [7, 11) is 2.08. The minimum Gasteiger partial charge on any atom is -0.398 e. The van der Waals surface area contributed by atoms with E-state index in [2.05, 4.69) is 38.0 Å². The van der Waals surface area contributed by atoms with Gasteiger partial charge in [0.15, 0.2) is 0 Å². The van der Waals surface area contributed by atoms with Crippen LogP contribution in [0.5, 0.6) is 0 Å². The van der Waals surface area contributed by atoms with Gasteiger partial charge in [-0.15, -0.1) is 0 Å². The third-order valence-corrected chi connectivity index (χ3v) is 3.91. The molecule has 0 aliphatic carbocycles. The van der Waals surface area contributed by atoms with Crippen LogP contribution in [0, 0.1) is 12.8 Å². The molecule has 1 amide bonds. The number of hydrogen-bond donors (Lipinski definition) is 2. The van der Waals surface area contributed by atoms with Crippen LogP contribution in [-0.2, 0) is 4.79 Å². The molecule has 0 radical (unpaired) electrons. The standard InChI is InChI=1S/C17H29N3O/c1-12(2)11-13(3)20(5)10-9-17(21)19-16-8-6-7-15(18)14(16)4/h6-8,12-13H,9-11,18H2,1-5H3,(H,19,21). The molecule has 0 aliphatic heterocycles. The van der Waals surface area contributed by atoms with Crippen molar-refractivity contribution in [2.24, 2.45) is 5.92 Å². The van der Waals surface area contributed by atoms with Gasteiger partial charge in [-0.1, -0.05) is 19.9 Å². The normalized spacial score (nSPS) is 12.7. The van der Waals surface area contributed by atoms with Crippen molar-refractivity contribution in [2.75, 3.05) is 24.6 Å². The molecule has 0 aliphatic rings. The molecule has 0 fully saturated rings. The van der Waals surface area contributed by atoms with Crippen LogP contribution in [-0.4, -0.2) is 30.4 Å². The molecular formula is C17H29N3O. The van der Waals surface area contributed by atoms with Gasteiger partial charge >= 0.3 is 0 Å². The van der Waals surface area contributed by atoms with Crippen LogP contribution in [0.2, 0.25) is 0 Å². The fourth-order valence-corrected chi connectivity index (χ4v) is 2.36. The summed E-state index contributed by atoms with van der Waals surface area (Å²) in [6, 6.07) is 6.07. The third-order valence-electron chi connectivity index (χ3n) is 3.91. The molecule has 0 bridgehead atoms. The number of nitrogens with zero attached hydrogens (tertiary/aromatic N) is 1. The number of amides is 1. The van der Waals surface area contributed by atoms with Crippen molar-refractivity contribution in [3.05, 3.63) is 23.8 Å². The Bertz CT molecular complexity index is 471. The van der Waals surface area contributed by atoms with Crippen molar-refractivity contribution < 1.29 is 4.79 Å². The van der Waals surface area contributed by atoms with Gasteiger partial charge in [0, 0.05) is 30.4 Å². The maximum atomic E-state index is 12.0. The average molecular weight is 291 g/mol. The van der Waals surface area contributed by atoms with Crippen LogP contribution in [0.25, 0.3) is 0 Å². The SMILES string of the molecule is Cc1c(N)cccc1NC(=O)CCN(C)C(C)CC(C)C. The zero-order valence-electron chi connectivity index (χ0n) is 13.9. The Balaban J connectivity index is 2.46. The highest BCUT2D eigenvalue weighted by Crippen LogP contribution is 2.20. The van der Waals surface area contributed by atoms with E-state index in [0.29, 0.717) is 24.1 Å². The van der Waals surface area contributed by atoms with Gasteiger partial charge in [0.25, 0.3) is 0 Å². The maximum absolute atomic E-state index is 12.0. The van der Waals surface area contributed by atoms with Crippen molar-refractivity contribution in [1.29, 1.82) is 0 Å². The topological polar surface area (TPSA) is 58.4 Å². The second kappa shape index (κ2) is 8.03. The molecule has 3 N–H and O–H groups in total. The van der Waals surface area contributed by atoms with E-state index in [1.54, 1.807) is 0 Å². The number of hydrogen-bond acceptors (Lipinski definition) is 3. The fraction of sp³-hybridized carbons (Fsp3) is 0.588. The lowest BCUT2D eigenvalue weighted by Gasteiger charge is -2.25. The number of nitrogen functional groups attached to an aromatic ring is 1. The quantitative estimate of drug-likeness (QED) is 0.758. The summed E-state index contributed by atoms with van der Waals surface area (Å²) in [5.41, 5.74) is 8.28. The van der Waals surface area contributed by atoms with Crippen molar-refractivity contribution in [2.45, 2.75) is 46.6 Å². The molecule has 0 heterocycles. The smallest absolute Gasteiger partial charge is 0.225 e. The largest absolute Gasteiger partial charge is 0.398 e. The number of rotatable bonds is 7. The highest BCUT2D eigenvalue weighted by atomic mass is 16.1. The Hall–Kier alpha value is -1.55. The summed E-state index contributed by atoms with van der Waals surface area (Å²) in [6.07, 6.45) is 1.64. The first-order valence-electron chi connectivity index (χ1n) is 7.66. The fourth-order valence-electron chi connectivity index (χ4n) is 2.36. The summed E-state index contributed by atoms with van der Waals surface area (Å²) in [5, 5.41) is 2.94. The third kappa shape index (κ3) is 5.76. The zero-order valence-corrected chi connectivity index (χ0v) is 13.9. The van der Waals surface area contributed by atoms with Gasteiger partial charge in [-0.05, 0) is 50.9 Å². The summed E-state index contributed by atoms with van der Waals surface area (Å²) in [6.45, 7) is 9.34. The summed E-state index contributed by atoms with van der Waals surface area (Å²) in [4.78, 5) is 14.3. The summed E-state index contributed by atoms with van der Waals surface area (Å²) in [5.74, 6) is 0.707. The van der Waals surface area contributed by atoms with Gasteiger partial charge < -0.3 is 16.0 Å². The molecule has 21 heavy (non-hydrogen) atoms. The van der Waals surface area contributed by atoms with Crippen molar-refractivity contribution in [3.63, 3.8) is 0 Å². The first-order valence-corrected chi connectivity index (χ1v) is 7.66. The number of nitrogens with two attached hydrogens (primary N) is 1. The minimum atomic E-state index is 0.0345. The molecular weight excluding hydrogens is 262 g/mol. The number of benzene rings is 1. The van der Waals surface area contributed by atoms with Crippen LogP contribution in [0.1, 0.15) is 39.2 Å². The monoisotopic (exact) mass is 291 g/mol. The second-order valence-corrected chi connectivity index (χ2v) is 6.28. The molecule has 0 aromatic heterocycles. The lowest BCUT2D eigenvalue weighted by atomic mass is 10.0. The van der Waals surface area contributed by atoms with Crippen molar-refractivity contribution >= 4 is 17.3 Å². The van der Waals surface area contributed by atoms with Gasteiger partial charge in [-0.2, -0.15) is 0 Å². The number of nitrogens with one attached hydrogen (secondary N) is 1. The Morgan fingerprint density at radius 1 is 1.33 bits per heavy atom. The molecule has 1 atom stereocenters. The van der Waals surface area contributed by atoms with Crippen LogP contribution in [0.15, 0.2) is 18.2 Å². The van der Waals surface area contributed by atoms with Gasteiger partial charge in [-0.25, -0.2) is 0 Å². The summed E-state index contributed by atoms with van der Waals surface area (Å²) < 4.78 is 0. The first-order chi connectivity index (χ1) is 9.81. The predicted octanol–water partition coefficient (Wildman–Crippen LogP) is 3.27. The Kier molecular flexibility index (Phi) is 6.69. The van der Waals surface area contributed by atoms with E-state index >= 15 is 0 Å². The summed E-state index contributed by atoms with van der Waals surface area (Å²) >= 11 is 0. The lowest BCUT2D eigenvalue weighted by molar-refractivity contribution is -0.116. The molecule has 4 nitrogen and oxygen atoms in total. The molecule has 1 rings (SSSR count). The van der Waals surface area contributed by atoms with Crippen LogP contribution in [0.3, 0.4) is 0 Å². The molecule has 1 unspecified atom stereocenters. The lowest BCUT2D eigenvalue weighted by Crippen LogP contribution is -2.33. The van der Waals surface area contributed by atoms with Crippen molar-refractivity contribution in [3.8, 4) is 0 Å². The highest BCUT2D eigenvalue weighted by molar-refractivity contribution is 5.92. The van der Waals surface area contributed by atoms with E-state index < -0.39 is 0 Å². The highest BCUT2D eigenvalue weighted by Gasteiger charge is 2.13. The van der Waals surface area contributed by atoms with Crippen molar-refractivity contribution in [1.82, 2.24) is 4.90 Å². The number of carbonyl (C=O) groups excluding carboxylic acids is 1. The predicted molar refractivity (Wildman–Crippen MR) is 90.4 cm³/mol. The Morgan fingerprint density at radius 3 is 2.62 bits per heavy atom. The van der Waals surface area contributed by atoms with E-state index in [4.69, 9.17) is 5.73 Å². The van der Waals surface area contributed by atoms with Crippen LogP contribution >= 0.6 is 0 Å². The molecule has 0 saturated carbocycles. The minimum absolute atomic E-state index is 0.0345. The van der Waals surface area contributed by atoms with E-state index in [1.165, 1.54) is 0 Å². The van der Waals surface area contributed by atoms with Gasteiger partial charge in [0.05, 0.1) is 0 Å². The van der Waals surface area contributed by atoms with Gasteiger partial charge in [-0.3, -0.25) is 4.79 Å². The second-order valence-electron chi connectivity index (χ2n) is 6.28. The Morgan fingerprint density at radius 2 is 2.00 bits per heavy atom. The molecule has 0 saturated heterocycles. The van der Waals surface area contributed by atoms with Gasteiger partial charge in [0.2, 0.25) is 5.91 Å². The molecule has 1 aromatic carbocycles. The van der Waals surface area contributed by atoms with E-state index in [1.807, 2.05) is 25.1 Å². The van der Waals surface area contributed by atoms with Crippen LogP contribution < -0.4 is 11.1 Å². The first kappa shape index (κ1) is 17.5. The maximum Gasteiger partial charge on any atom is 0.225 e. The molecule has 0 spiro atoms. The van der Waals surface area contributed by atoms with E-state index in [-0.39, 0.29) is 5.91 Å². The Labute approximate surface area is 128 Å². The van der Waals surface area contributed by atoms with Crippen LogP contribution in [0.4, 0.5) is 11.4 Å². The number of carbonyl (C=O) groups is 1. The average Bonchev–Trinajstić information content (AvgIpc) is 2.40. The zero-order chi connectivity index (χ0) is 16.0. The van der Waals surface area contributed by atoms with Gasteiger partial charge in [0.1, 0.15) is 0 Å². The van der Waals surface area contributed by atoms with E-state index in [9.17, 15) is 4.79 Å². The molecule has 1 aromatic rings. The van der Waals surface area contributed by atoms with E-state index in [0.717, 1.165) is 24.2 Å². The number of anilines is 2. The molecule has 118 valence electrons. The molecule has 4 heteroatoms.